The average Bonchev–Trinajstić information content (AvgIpc) is 2.29. The fraction of sp³-hybridized carbons (Fsp3) is 0.600. The quantitative estimate of drug-likeness (QED) is 0.773. The topological polar surface area (TPSA) is 49.2 Å². The molecule has 4 rings (SSSR count). The molecule has 2 aliphatic heterocycles. The van der Waals surface area contributed by atoms with Gasteiger partial charge in [-0.3, -0.25) is 0 Å². The van der Waals surface area contributed by atoms with E-state index in [0.29, 0.717) is 17.0 Å². The molecule has 2 unspecified atom stereocenters. The van der Waals surface area contributed by atoms with Gasteiger partial charge in [-0.15, -0.1) is 0 Å². The highest BCUT2D eigenvalue weighted by molar-refractivity contribution is 6.31. The van der Waals surface area contributed by atoms with Crippen molar-refractivity contribution in [2.45, 2.75) is 12.5 Å². The molecule has 15 heavy (non-hydrogen) atoms. The number of rotatable bonds is 1. The number of aliphatic hydroxyl groups excluding tert-OH is 1. The van der Waals surface area contributed by atoms with Crippen LogP contribution in [0.1, 0.15) is 6.42 Å². The second-order valence-corrected chi connectivity index (χ2v) is 4.68. The van der Waals surface area contributed by atoms with Gasteiger partial charge in [0.05, 0.1) is 6.10 Å². The maximum Gasteiger partial charge on any atom is 0.171 e. The van der Waals surface area contributed by atoms with Gasteiger partial charge in [0.2, 0.25) is 0 Å². The van der Waals surface area contributed by atoms with Gasteiger partial charge in [0.1, 0.15) is 0 Å². The third-order valence-electron chi connectivity index (χ3n) is 3.42. The molecule has 3 fully saturated rings. The lowest BCUT2D eigenvalue weighted by molar-refractivity contribution is -0.0533. The van der Waals surface area contributed by atoms with E-state index in [9.17, 15) is 5.11 Å². The fourth-order valence-electron chi connectivity index (χ4n) is 2.56. The lowest BCUT2D eigenvalue weighted by Crippen LogP contribution is -2.58. The highest BCUT2D eigenvalue weighted by Crippen LogP contribution is 2.41. The smallest absolute Gasteiger partial charge is 0.171 e. The van der Waals surface area contributed by atoms with Crippen molar-refractivity contribution in [1.82, 2.24) is 9.97 Å². The third kappa shape index (κ3) is 1.40. The van der Waals surface area contributed by atoms with Crippen molar-refractivity contribution in [2.24, 2.45) is 11.8 Å². The first-order chi connectivity index (χ1) is 7.25. The van der Waals surface area contributed by atoms with Crippen molar-refractivity contribution in [3.8, 4) is 0 Å². The van der Waals surface area contributed by atoms with Crippen molar-refractivity contribution in [2.75, 3.05) is 18.0 Å². The number of aliphatic hydroxyl groups is 1. The number of halogens is 1. The SMILES string of the molecule is OC1C2CC1CN(c1nccnc1Cl)C2. The van der Waals surface area contributed by atoms with Crippen molar-refractivity contribution in [3.63, 3.8) is 0 Å². The van der Waals surface area contributed by atoms with Crippen LogP contribution in [-0.4, -0.2) is 34.3 Å². The molecule has 80 valence electrons. The summed E-state index contributed by atoms with van der Waals surface area (Å²) in [7, 11) is 0. The van der Waals surface area contributed by atoms with Crippen LogP contribution >= 0.6 is 11.6 Å². The standard InChI is InChI=1S/C10H12ClN3O/c11-9-10(13-2-1-12-9)14-4-6-3-7(5-14)8(6)15/h1-2,6-8,15H,3-5H2. The summed E-state index contributed by atoms with van der Waals surface area (Å²) >= 11 is 5.98. The lowest BCUT2D eigenvalue weighted by atomic mass is 9.68. The van der Waals surface area contributed by atoms with Crippen LogP contribution in [0.15, 0.2) is 12.4 Å². The Morgan fingerprint density at radius 1 is 1.27 bits per heavy atom. The molecule has 0 amide bonds. The van der Waals surface area contributed by atoms with Gasteiger partial charge in [-0.1, -0.05) is 11.6 Å². The Balaban J connectivity index is 1.83. The molecule has 1 aromatic heterocycles. The second kappa shape index (κ2) is 3.32. The summed E-state index contributed by atoms with van der Waals surface area (Å²) in [6.07, 6.45) is 4.26. The molecular weight excluding hydrogens is 214 g/mol. The summed E-state index contributed by atoms with van der Waals surface area (Å²) in [6.45, 7) is 1.69. The summed E-state index contributed by atoms with van der Waals surface area (Å²) in [4.78, 5) is 10.4. The number of hydrogen-bond donors (Lipinski definition) is 1. The maximum absolute atomic E-state index is 9.67. The third-order valence-corrected chi connectivity index (χ3v) is 3.68. The van der Waals surface area contributed by atoms with Crippen LogP contribution in [0.4, 0.5) is 5.82 Å². The molecule has 4 nitrogen and oxygen atoms in total. The van der Waals surface area contributed by atoms with Crippen LogP contribution < -0.4 is 4.90 Å². The molecule has 3 heterocycles. The van der Waals surface area contributed by atoms with Crippen LogP contribution in [0.3, 0.4) is 0 Å². The molecule has 2 saturated heterocycles. The number of anilines is 1. The zero-order valence-electron chi connectivity index (χ0n) is 8.17. The fourth-order valence-corrected chi connectivity index (χ4v) is 2.79. The molecule has 1 N–H and O–H groups in total. The highest BCUT2D eigenvalue weighted by Gasteiger charge is 2.46. The molecule has 0 aromatic carbocycles. The van der Waals surface area contributed by atoms with Gasteiger partial charge in [-0.2, -0.15) is 0 Å². The lowest BCUT2D eigenvalue weighted by Gasteiger charge is -2.51. The minimum absolute atomic E-state index is 0.114. The van der Waals surface area contributed by atoms with Crippen LogP contribution in [0.5, 0.6) is 0 Å². The van der Waals surface area contributed by atoms with Crippen molar-refractivity contribution < 1.29 is 5.11 Å². The van der Waals surface area contributed by atoms with Crippen molar-refractivity contribution in [1.29, 1.82) is 0 Å². The Labute approximate surface area is 92.9 Å². The minimum atomic E-state index is -0.114. The Morgan fingerprint density at radius 2 is 1.93 bits per heavy atom. The van der Waals surface area contributed by atoms with E-state index in [1.165, 1.54) is 0 Å². The molecule has 5 heteroatoms. The average molecular weight is 226 g/mol. The van der Waals surface area contributed by atoms with E-state index in [-0.39, 0.29) is 6.10 Å². The summed E-state index contributed by atoms with van der Waals surface area (Å²) in [6, 6.07) is 0. The van der Waals surface area contributed by atoms with Gasteiger partial charge in [0.15, 0.2) is 11.0 Å². The van der Waals surface area contributed by atoms with E-state index in [0.717, 1.165) is 25.3 Å². The molecular formula is C10H12ClN3O. The second-order valence-electron chi connectivity index (χ2n) is 4.32. The molecule has 0 spiro atoms. The summed E-state index contributed by atoms with van der Waals surface area (Å²) in [5, 5.41) is 10.1. The van der Waals surface area contributed by atoms with Gasteiger partial charge in [0, 0.05) is 37.3 Å². The summed E-state index contributed by atoms with van der Waals surface area (Å²) in [5.41, 5.74) is 0. The first-order valence-corrected chi connectivity index (χ1v) is 5.53. The predicted octanol–water partition coefficient (Wildman–Crippen LogP) is 0.947. The molecule has 3 aliphatic rings. The van der Waals surface area contributed by atoms with E-state index in [2.05, 4.69) is 14.9 Å². The molecule has 1 aromatic rings. The first-order valence-electron chi connectivity index (χ1n) is 5.15. The minimum Gasteiger partial charge on any atom is -0.392 e. The van der Waals surface area contributed by atoms with Crippen LogP contribution in [-0.2, 0) is 0 Å². The van der Waals surface area contributed by atoms with Gasteiger partial charge in [0.25, 0.3) is 0 Å². The number of nitrogens with zero attached hydrogens (tertiary/aromatic N) is 3. The number of fused-ring (bicyclic) bond motifs is 2. The normalized spacial score (nSPS) is 33.7. The Morgan fingerprint density at radius 3 is 2.53 bits per heavy atom. The van der Waals surface area contributed by atoms with E-state index in [1.54, 1.807) is 12.4 Å². The van der Waals surface area contributed by atoms with Crippen LogP contribution in [0, 0.1) is 11.8 Å². The first kappa shape index (κ1) is 9.36. The molecule has 1 saturated carbocycles. The monoisotopic (exact) mass is 225 g/mol. The largest absolute Gasteiger partial charge is 0.392 e. The summed E-state index contributed by atoms with van der Waals surface area (Å²) < 4.78 is 0. The van der Waals surface area contributed by atoms with Crippen LogP contribution in [0.25, 0.3) is 0 Å². The highest BCUT2D eigenvalue weighted by atomic mass is 35.5. The van der Waals surface area contributed by atoms with E-state index in [4.69, 9.17) is 11.6 Å². The van der Waals surface area contributed by atoms with Gasteiger partial charge in [-0.25, -0.2) is 9.97 Å². The molecule has 1 aliphatic carbocycles. The van der Waals surface area contributed by atoms with Crippen molar-refractivity contribution in [3.05, 3.63) is 17.5 Å². The molecule has 2 atom stereocenters. The Kier molecular flexibility index (Phi) is 2.07. The maximum atomic E-state index is 9.67. The molecule has 2 bridgehead atoms. The van der Waals surface area contributed by atoms with E-state index < -0.39 is 0 Å². The van der Waals surface area contributed by atoms with Crippen LogP contribution in [0.2, 0.25) is 5.15 Å². The number of aromatic nitrogens is 2. The number of piperidine rings is 2. The van der Waals surface area contributed by atoms with Gasteiger partial charge in [-0.05, 0) is 6.42 Å². The van der Waals surface area contributed by atoms with Gasteiger partial charge < -0.3 is 10.0 Å². The molecule has 0 radical (unpaired) electrons. The number of hydrogen-bond acceptors (Lipinski definition) is 4. The zero-order chi connectivity index (χ0) is 10.4. The van der Waals surface area contributed by atoms with E-state index >= 15 is 0 Å². The predicted molar refractivity (Wildman–Crippen MR) is 56.9 cm³/mol. The zero-order valence-corrected chi connectivity index (χ0v) is 8.93. The Bertz CT molecular complexity index is 375. The van der Waals surface area contributed by atoms with E-state index in [1.807, 2.05) is 0 Å². The van der Waals surface area contributed by atoms with Crippen molar-refractivity contribution >= 4 is 17.4 Å². The van der Waals surface area contributed by atoms with Gasteiger partial charge >= 0.3 is 0 Å². The Hall–Kier alpha value is -0.870. The summed E-state index contributed by atoms with van der Waals surface area (Å²) in [5.74, 6) is 1.53.